The molecule has 0 radical (unpaired) electrons. The van der Waals surface area contributed by atoms with Crippen LogP contribution in [0.2, 0.25) is 0 Å². The average Bonchev–Trinajstić information content (AvgIpc) is 3.39. The quantitative estimate of drug-likeness (QED) is 0.207. The van der Waals surface area contributed by atoms with Gasteiger partial charge in [0.1, 0.15) is 24.0 Å². The van der Waals surface area contributed by atoms with Crippen molar-refractivity contribution in [2.75, 3.05) is 31.8 Å². The molecule has 1 aromatic carbocycles. The molecule has 206 valence electrons. The number of nitrogens with one attached hydrogen (secondary N) is 2. The van der Waals surface area contributed by atoms with E-state index in [1.165, 1.54) is 31.9 Å². The molecule has 0 amide bonds. The van der Waals surface area contributed by atoms with Crippen LogP contribution in [0.1, 0.15) is 20.1 Å². The number of nitrogen functional groups attached to an aromatic ring is 1. The van der Waals surface area contributed by atoms with Crippen molar-refractivity contribution in [3.05, 3.63) is 36.7 Å². The molecule has 0 unspecified atom stereocenters. The molecule has 1 saturated heterocycles. The lowest BCUT2D eigenvalue weighted by molar-refractivity contribution is -0.142. The second kappa shape index (κ2) is 11.0. The van der Waals surface area contributed by atoms with Crippen LogP contribution in [0, 0.1) is 0 Å². The molecule has 3 aromatic rings. The van der Waals surface area contributed by atoms with Gasteiger partial charge in [0.25, 0.3) is 0 Å². The fraction of sp³-hybridized carbons (Fsp3) is 0.455. The number of aliphatic hydroxyl groups is 1. The lowest BCUT2D eigenvalue weighted by atomic mass is 9.98. The number of anilines is 2. The van der Waals surface area contributed by atoms with E-state index >= 15 is 4.39 Å². The maximum Gasteiger partial charge on any atom is 0.323 e. The van der Waals surface area contributed by atoms with E-state index in [2.05, 4.69) is 25.4 Å². The molecule has 0 spiro atoms. The van der Waals surface area contributed by atoms with Gasteiger partial charge in [0, 0.05) is 7.05 Å². The molecule has 0 bridgehead atoms. The molecule has 6 atom stereocenters. The van der Waals surface area contributed by atoms with Crippen molar-refractivity contribution < 1.29 is 32.8 Å². The van der Waals surface area contributed by atoms with Gasteiger partial charge in [0.2, 0.25) is 5.95 Å². The predicted molar refractivity (Wildman–Crippen MR) is 141 cm³/mol. The highest BCUT2D eigenvalue weighted by atomic mass is 32.5. The fourth-order valence-corrected chi connectivity index (χ4v) is 6.40. The number of halogens is 1. The van der Waals surface area contributed by atoms with E-state index in [1.54, 1.807) is 37.4 Å². The largest absolute Gasteiger partial charge is 0.468 e. The first-order valence-corrected chi connectivity index (χ1v) is 14.2. The van der Waals surface area contributed by atoms with Crippen LogP contribution in [0.3, 0.4) is 0 Å². The van der Waals surface area contributed by atoms with E-state index in [0.717, 1.165) is 0 Å². The van der Waals surface area contributed by atoms with Crippen LogP contribution in [-0.2, 0) is 30.6 Å². The number of carbonyl (C=O) groups is 1. The Bertz CT molecular complexity index is 1350. The molecule has 1 fully saturated rings. The lowest BCUT2D eigenvalue weighted by Crippen LogP contribution is -2.41. The van der Waals surface area contributed by atoms with Gasteiger partial charge in [-0.25, -0.2) is 14.5 Å². The summed E-state index contributed by atoms with van der Waals surface area (Å²) in [5.41, 5.74) is 4.10. The summed E-state index contributed by atoms with van der Waals surface area (Å²) in [6.07, 6.45) is -2.77. The van der Waals surface area contributed by atoms with Crippen molar-refractivity contribution in [3.63, 3.8) is 0 Å². The molecule has 5 N–H and O–H groups in total. The Kier molecular flexibility index (Phi) is 8.16. The first-order chi connectivity index (χ1) is 18.0. The van der Waals surface area contributed by atoms with Crippen molar-refractivity contribution in [1.29, 1.82) is 0 Å². The van der Waals surface area contributed by atoms with Gasteiger partial charge in [-0.1, -0.05) is 18.2 Å². The molecule has 4 rings (SSSR count). The van der Waals surface area contributed by atoms with Gasteiger partial charge < -0.3 is 34.7 Å². The van der Waals surface area contributed by atoms with Gasteiger partial charge in [0.05, 0.1) is 20.0 Å². The zero-order valence-corrected chi connectivity index (χ0v) is 22.8. The van der Waals surface area contributed by atoms with E-state index in [0.29, 0.717) is 17.1 Å². The molecule has 2 aromatic heterocycles. The van der Waals surface area contributed by atoms with Crippen LogP contribution in [0.25, 0.3) is 11.2 Å². The van der Waals surface area contributed by atoms with Crippen LogP contribution in [-0.4, -0.2) is 75.3 Å². The number of aromatic nitrogens is 4. The molecule has 1 aliphatic heterocycles. The van der Waals surface area contributed by atoms with Gasteiger partial charge in [-0.05, 0) is 37.8 Å². The number of esters is 1. The number of para-hydroxylation sites is 1. The molecule has 0 saturated carbocycles. The van der Waals surface area contributed by atoms with Crippen molar-refractivity contribution in [3.8, 4) is 5.75 Å². The summed E-state index contributed by atoms with van der Waals surface area (Å²) < 4.78 is 39.8. The zero-order chi connectivity index (χ0) is 27.7. The Morgan fingerprint density at radius 2 is 2.11 bits per heavy atom. The number of methoxy groups -OCH3 is 1. The van der Waals surface area contributed by atoms with E-state index in [4.69, 9.17) is 36.1 Å². The van der Waals surface area contributed by atoms with Crippen LogP contribution in [0.5, 0.6) is 5.75 Å². The van der Waals surface area contributed by atoms with Crippen LogP contribution < -0.4 is 20.7 Å². The Morgan fingerprint density at radius 1 is 1.39 bits per heavy atom. The third-order valence-corrected chi connectivity index (χ3v) is 8.43. The monoisotopic (exact) mass is 569 g/mol. The maximum absolute atomic E-state index is 15.9. The van der Waals surface area contributed by atoms with Crippen molar-refractivity contribution in [2.45, 2.75) is 44.0 Å². The second-order valence-electron chi connectivity index (χ2n) is 8.70. The summed E-state index contributed by atoms with van der Waals surface area (Å²) in [4.78, 5) is 24.5. The summed E-state index contributed by atoms with van der Waals surface area (Å²) in [7, 11) is 2.88. The molecule has 0 aliphatic carbocycles. The van der Waals surface area contributed by atoms with Gasteiger partial charge in [-0.3, -0.25) is 9.36 Å². The third kappa shape index (κ3) is 5.58. The Morgan fingerprint density at radius 3 is 2.76 bits per heavy atom. The van der Waals surface area contributed by atoms with Crippen LogP contribution in [0.15, 0.2) is 36.7 Å². The molecular weight excluding hydrogens is 540 g/mol. The number of fused-ring (bicyclic) bond motifs is 1. The van der Waals surface area contributed by atoms with Gasteiger partial charge in [0.15, 0.2) is 28.9 Å². The first kappa shape index (κ1) is 28.1. The summed E-state index contributed by atoms with van der Waals surface area (Å²) in [5, 5.41) is 16.6. The van der Waals surface area contributed by atoms with Gasteiger partial charge >= 0.3 is 12.6 Å². The van der Waals surface area contributed by atoms with Crippen LogP contribution >= 0.6 is 6.64 Å². The van der Waals surface area contributed by atoms with E-state index in [1.807, 2.05) is 0 Å². The predicted octanol–water partition coefficient (Wildman–Crippen LogP) is 1.91. The van der Waals surface area contributed by atoms with Crippen molar-refractivity contribution >= 4 is 47.3 Å². The highest BCUT2D eigenvalue weighted by Gasteiger charge is 2.55. The van der Waals surface area contributed by atoms with Crippen molar-refractivity contribution in [1.82, 2.24) is 24.6 Å². The minimum absolute atomic E-state index is 0.0489. The van der Waals surface area contributed by atoms with E-state index < -0.39 is 42.8 Å². The minimum atomic E-state index is -3.42. The normalized spacial score (nSPS) is 25.6. The highest BCUT2D eigenvalue weighted by molar-refractivity contribution is 8.09. The summed E-state index contributed by atoms with van der Waals surface area (Å²) in [6, 6.07) is 7.75. The lowest BCUT2D eigenvalue weighted by Gasteiger charge is -2.27. The number of rotatable bonds is 10. The molecular formula is C22H29FN7O6PS. The molecule has 13 nitrogen and oxygen atoms in total. The number of alkyl halides is 1. The topological polar surface area (TPSA) is 168 Å². The number of aliphatic hydroxyl groups excluding tert-OH is 1. The number of imidazole rings is 1. The van der Waals surface area contributed by atoms with Gasteiger partial charge in [-0.2, -0.15) is 9.97 Å². The Labute approximate surface area is 223 Å². The van der Waals surface area contributed by atoms with E-state index in [9.17, 15) is 9.90 Å². The van der Waals surface area contributed by atoms with Gasteiger partial charge in [-0.15, -0.1) is 0 Å². The van der Waals surface area contributed by atoms with Crippen LogP contribution in [0.4, 0.5) is 16.2 Å². The fourth-order valence-electron chi connectivity index (χ4n) is 3.98. The molecule has 1 aliphatic rings. The zero-order valence-electron chi connectivity index (χ0n) is 21.1. The van der Waals surface area contributed by atoms with Crippen molar-refractivity contribution in [2.24, 2.45) is 0 Å². The third-order valence-electron chi connectivity index (χ3n) is 5.93. The standard InChI is InChI=1S/C22H29FN7O6PS/c1-12(19(32)33-4)29-37(38,36-13-8-6-5-7-9-13)34-10-14-16(31)22(2,23)20(35-14)30-11-26-15-17(25-3)27-21(24)28-18(15)30/h5-9,11-12,14,16,20,31H,10H2,1-4H3,(H,29,38)(H3,24,25,27,28)/t12-,14+,16+,20+,22+,37+/m0/s1. The smallest absolute Gasteiger partial charge is 0.323 e. The summed E-state index contributed by atoms with van der Waals surface area (Å²) in [6.45, 7) is -1.03. The number of hydrogen-bond acceptors (Lipinski definition) is 12. The molecule has 3 heterocycles. The Balaban J connectivity index is 1.57. The second-order valence-corrected chi connectivity index (χ2v) is 11.8. The number of nitrogens with two attached hydrogens (primary N) is 1. The number of ether oxygens (including phenoxy) is 2. The molecule has 38 heavy (non-hydrogen) atoms. The number of carbonyl (C=O) groups excluding carboxylic acids is 1. The molecule has 16 heteroatoms. The van der Waals surface area contributed by atoms with E-state index in [-0.39, 0.29) is 18.2 Å². The Hall–Kier alpha value is -2.94. The minimum Gasteiger partial charge on any atom is -0.468 e. The number of benzene rings is 1. The SMILES string of the molecule is CNc1nc(N)nc2c1ncn2[C@@H]1O[C@H](CO[P@](=S)(N[C@@H](C)C(=O)OC)Oc2ccccc2)[C@@H](O)[C@@]1(C)F. The maximum atomic E-state index is 15.9. The summed E-state index contributed by atoms with van der Waals surface area (Å²) >= 11 is 5.64. The first-order valence-electron chi connectivity index (χ1n) is 11.5. The number of nitrogens with zero attached hydrogens (tertiary/aromatic N) is 4. The highest BCUT2D eigenvalue weighted by Crippen LogP contribution is 2.48. The number of hydrogen-bond donors (Lipinski definition) is 4. The summed E-state index contributed by atoms with van der Waals surface area (Å²) in [5.74, 6) is 0.119. The average molecular weight is 570 g/mol.